The van der Waals surface area contributed by atoms with Crippen LogP contribution in [-0.2, 0) is 17.6 Å². The van der Waals surface area contributed by atoms with Crippen molar-refractivity contribution >= 4 is 28.0 Å². The molecule has 0 bridgehead atoms. The Morgan fingerprint density at radius 3 is 2.70 bits per heavy atom. The van der Waals surface area contributed by atoms with E-state index < -0.39 is 11.1 Å². The maximum absolute atomic E-state index is 14.3. The SMILES string of the molecule is Cc1c(-c2cccc(S(=O)O)c2)c2nc(C(=O)N(C)C)ccc2n1C/C(F)=C/CN. The van der Waals surface area contributed by atoms with E-state index in [0.717, 1.165) is 0 Å². The summed E-state index contributed by atoms with van der Waals surface area (Å²) < 4.78 is 37.1. The number of rotatable bonds is 6. The number of carbonyl (C=O) groups is 1. The van der Waals surface area contributed by atoms with Crippen LogP contribution in [0.15, 0.2) is 53.2 Å². The Morgan fingerprint density at radius 2 is 2.07 bits per heavy atom. The molecule has 0 saturated carbocycles. The zero-order chi connectivity index (χ0) is 22.0. The number of aromatic nitrogens is 2. The topological polar surface area (TPSA) is 101 Å². The van der Waals surface area contributed by atoms with Gasteiger partial charge in [0.15, 0.2) is 11.1 Å². The van der Waals surface area contributed by atoms with Gasteiger partial charge in [-0.1, -0.05) is 12.1 Å². The molecule has 0 aliphatic heterocycles. The standard InChI is InChI=1S/C21H23FN4O3S/c1-13-19(14-5-4-6-16(11-14)30(28)29)20-18(26(13)12-15(22)9-10-23)8-7-17(24-20)21(27)25(2)3/h4-9,11H,10,12,23H2,1-3H3,(H,28,29)/b15-9-. The van der Waals surface area contributed by atoms with Crippen molar-refractivity contribution in [1.82, 2.24) is 14.5 Å². The van der Waals surface area contributed by atoms with Crippen LogP contribution in [0, 0.1) is 6.92 Å². The van der Waals surface area contributed by atoms with Gasteiger partial charge in [0.2, 0.25) is 0 Å². The summed E-state index contributed by atoms with van der Waals surface area (Å²) in [6.07, 6.45) is 1.30. The molecule has 0 aliphatic carbocycles. The molecule has 0 fully saturated rings. The van der Waals surface area contributed by atoms with Crippen molar-refractivity contribution in [3.63, 3.8) is 0 Å². The first-order valence-electron chi connectivity index (χ1n) is 9.22. The molecule has 0 radical (unpaired) electrons. The summed E-state index contributed by atoms with van der Waals surface area (Å²) in [7, 11) is 3.27. The van der Waals surface area contributed by atoms with Crippen LogP contribution < -0.4 is 5.73 Å². The van der Waals surface area contributed by atoms with Gasteiger partial charge in [0.05, 0.1) is 22.5 Å². The highest BCUT2D eigenvalue weighted by atomic mass is 32.2. The Balaban J connectivity index is 2.30. The average Bonchev–Trinajstić information content (AvgIpc) is 2.98. The fourth-order valence-corrected chi connectivity index (χ4v) is 3.76. The molecule has 3 aromatic rings. The fraction of sp³-hybridized carbons (Fsp3) is 0.238. The van der Waals surface area contributed by atoms with Crippen molar-refractivity contribution in [2.24, 2.45) is 5.73 Å². The van der Waals surface area contributed by atoms with Crippen molar-refractivity contribution in [1.29, 1.82) is 0 Å². The van der Waals surface area contributed by atoms with E-state index in [1.165, 1.54) is 11.0 Å². The third-order valence-electron chi connectivity index (χ3n) is 4.77. The molecular formula is C21H23FN4O3S. The van der Waals surface area contributed by atoms with E-state index in [4.69, 9.17) is 5.73 Å². The van der Waals surface area contributed by atoms with Crippen LogP contribution in [0.25, 0.3) is 22.2 Å². The van der Waals surface area contributed by atoms with Crippen LogP contribution in [-0.4, -0.2) is 49.8 Å². The van der Waals surface area contributed by atoms with Gasteiger partial charge in [-0.2, -0.15) is 0 Å². The number of benzene rings is 1. The minimum atomic E-state index is -2.15. The molecule has 2 heterocycles. The van der Waals surface area contributed by atoms with Crippen LogP contribution in [0.2, 0.25) is 0 Å². The van der Waals surface area contributed by atoms with Crippen LogP contribution in [0.3, 0.4) is 0 Å². The van der Waals surface area contributed by atoms with E-state index >= 15 is 0 Å². The summed E-state index contributed by atoms with van der Waals surface area (Å²) in [5, 5.41) is 0. The van der Waals surface area contributed by atoms with Crippen LogP contribution in [0.1, 0.15) is 16.2 Å². The third-order valence-corrected chi connectivity index (χ3v) is 5.42. The lowest BCUT2D eigenvalue weighted by Crippen LogP contribution is -2.22. The number of hydrogen-bond donors (Lipinski definition) is 2. The number of allylic oxidation sites excluding steroid dienone is 1. The first-order valence-corrected chi connectivity index (χ1v) is 10.3. The minimum Gasteiger partial charge on any atom is -0.343 e. The molecule has 3 rings (SSSR count). The average molecular weight is 431 g/mol. The van der Waals surface area contributed by atoms with Gasteiger partial charge >= 0.3 is 0 Å². The van der Waals surface area contributed by atoms with E-state index in [2.05, 4.69) is 4.98 Å². The van der Waals surface area contributed by atoms with Gasteiger partial charge in [0.1, 0.15) is 11.5 Å². The highest BCUT2D eigenvalue weighted by Crippen LogP contribution is 2.35. The summed E-state index contributed by atoms with van der Waals surface area (Å²) in [4.78, 5) is 18.7. The minimum absolute atomic E-state index is 0.0339. The summed E-state index contributed by atoms with van der Waals surface area (Å²) in [5.74, 6) is -0.643. The van der Waals surface area contributed by atoms with Gasteiger partial charge < -0.3 is 19.8 Å². The lowest BCUT2D eigenvalue weighted by molar-refractivity contribution is 0.0822. The molecule has 9 heteroatoms. The van der Waals surface area contributed by atoms with Gasteiger partial charge in [-0.15, -0.1) is 0 Å². The summed E-state index contributed by atoms with van der Waals surface area (Å²) in [6.45, 7) is 1.87. The number of nitrogens with two attached hydrogens (primary N) is 1. The number of carbonyl (C=O) groups excluding carboxylic acids is 1. The summed E-state index contributed by atoms with van der Waals surface area (Å²) in [6, 6.07) is 9.94. The molecule has 7 nitrogen and oxygen atoms in total. The molecule has 0 spiro atoms. The molecule has 1 aromatic carbocycles. The number of hydrogen-bond acceptors (Lipinski definition) is 4. The first kappa shape index (κ1) is 21.8. The zero-order valence-electron chi connectivity index (χ0n) is 16.9. The second kappa shape index (κ2) is 8.86. The van der Waals surface area contributed by atoms with Crippen molar-refractivity contribution in [2.75, 3.05) is 20.6 Å². The van der Waals surface area contributed by atoms with Gasteiger partial charge in [-0.3, -0.25) is 4.79 Å². The van der Waals surface area contributed by atoms with E-state index in [1.54, 1.807) is 55.1 Å². The van der Waals surface area contributed by atoms with Crippen molar-refractivity contribution in [3.05, 3.63) is 59.7 Å². The largest absolute Gasteiger partial charge is 0.343 e. The predicted octanol–water partition coefficient (Wildman–Crippen LogP) is 3.11. The predicted molar refractivity (Wildman–Crippen MR) is 115 cm³/mol. The molecule has 1 unspecified atom stereocenters. The summed E-state index contributed by atoms with van der Waals surface area (Å²) >= 11 is -2.15. The molecule has 2 aromatic heterocycles. The Kier molecular flexibility index (Phi) is 6.45. The van der Waals surface area contributed by atoms with E-state index in [9.17, 15) is 17.9 Å². The smallest absolute Gasteiger partial charge is 0.271 e. The summed E-state index contributed by atoms with van der Waals surface area (Å²) in [5.41, 5.74) is 8.88. The molecule has 158 valence electrons. The number of halogens is 1. The highest BCUT2D eigenvalue weighted by molar-refractivity contribution is 7.79. The Bertz CT molecular complexity index is 1170. The Morgan fingerprint density at radius 1 is 1.33 bits per heavy atom. The van der Waals surface area contributed by atoms with Gasteiger partial charge in [0.25, 0.3) is 5.91 Å². The highest BCUT2D eigenvalue weighted by Gasteiger charge is 2.21. The van der Waals surface area contributed by atoms with Gasteiger partial charge in [-0.25, -0.2) is 13.6 Å². The molecule has 0 saturated heterocycles. The molecule has 3 N–H and O–H groups in total. The van der Waals surface area contributed by atoms with Crippen molar-refractivity contribution in [3.8, 4) is 11.1 Å². The second-order valence-electron chi connectivity index (χ2n) is 6.97. The number of pyridine rings is 1. The first-order chi connectivity index (χ1) is 14.2. The molecule has 0 aliphatic rings. The van der Waals surface area contributed by atoms with Crippen LogP contribution in [0.5, 0.6) is 0 Å². The van der Waals surface area contributed by atoms with E-state index in [0.29, 0.717) is 27.9 Å². The van der Waals surface area contributed by atoms with Crippen LogP contribution in [0.4, 0.5) is 4.39 Å². The zero-order valence-corrected chi connectivity index (χ0v) is 17.7. The molecule has 1 amide bonds. The number of amides is 1. The van der Waals surface area contributed by atoms with E-state index in [-0.39, 0.29) is 35.4 Å². The van der Waals surface area contributed by atoms with E-state index in [1.807, 2.05) is 6.92 Å². The van der Waals surface area contributed by atoms with Crippen LogP contribution >= 0.6 is 0 Å². The van der Waals surface area contributed by atoms with Crippen molar-refractivity contribution in [2.45, 2.75) is 18.4 Å². The monoisotopic (exact) mass is 430 g/mol. The number of nitrogens with zero attached hydrogens (tertiary/aromatic N) is 3. The molecule has 1 atom stereocenters. The maximum atomic E-state index is 14.3. The van der Waals surface area contributed by atoms with Crippen molar-refractivity contribution < 1.29 is 17.9 Å². The third kappa shape index (κ3) is 4.18. The Labute approximate surface area is 176 Å². The van der Waals surface area contributed by atoms with Gasteiger partial charge in [-0.05, 0) is 42.8 Å². The lowest BCUT2D eigenvalue weighted by Gasteiger charge is -2.10. The normalized spacial score (nSPS) is 12.9. The quantitative estimate of drug-likeness (QED) is 0.585. The Hall–Kier alpha value is -2.88. The molecular weight excluding hydrogens is 407 g/mol. The molecule has 30 heavy (non-hydrogen) atoms. The lowest BCUT2D eigenvalue weighted by atomic mass is 10.0. The maximum Gasteiger partial charge on any atom is 0.271 e. The van der Waals surface area contributed by atoms with Gasteiger partial charge in [0, 0.05) is 31.9 Å². The second-order valence-corrected chi connectivity index (χ2v) is 7.94. The number of fused-ring (bicyclic) bond motifs is 1. The fourth-order valence-electron chi connectivity index (χ4n) is 3.34.